The van der Waals surface area contributed by atoms with Crippen LogP contribution in [0.5, 0.6) is 0 Å². The van der Waals surface area contributed by atoms with Crippen LogP contribution in [0.25, 0.3) is 0 Å². The highest BCUT2D eigenvalue weighted by atomic mass is 15.2. The van der Waals surface area contributed by atoms with Crippen LogP contribution in [-0.4, -0.2) is 24.0 Å². The minimum atomic E-state index is 0.612. The van der Waals surface area contributed by atoms with E-state index in [9.17, 15) is 0 Å². The van der Waals surface area contributed by atoms with Crippen molar-refractivity contribution in [2.45, 2.75) is 66.3 Å². The van der Waals surface area contributed by atoms with Gasteiger partial charge in [-0.05, 0) is 49.9 Å². The van der Waals surface area contributed by atoms with Gasteiger partial charge in [-0.1, -0.05) is 27.2 Å². The van der Waals surface area contributed by atoms with Gasteiger partial charge in [0.1, 0.15) is 0 Å². The van der Waals surface area contributed by atoms with Crippen molar-refractivity contribution in [1.29, 1.82) is 0 Å². The molecule has 1 heteroatoms. The van der Waals surface area contributed by atoms with Gasteiger partial charge < -0.3 is 0 Å². The van der Waals surface area contributed by atoms with Gasteiger partial charge in [0, 0.05) is 19.1 Å². The van der Waals surface area contributed by atoms with Crippen LogP contribution in [0.4, 0.5) is 0 Å². The zero-order valence-corrected chi connectivity index (χ0v) is 11.8. The van der Waals surface area contributed by atoms with Gasteiger partial charge in [-0.15, -0.1) is 0 Å². The molecule has 1 atom stereocenters. The van der Waals surface area contributed by atoms with E-state index >= 15 is 0 Å². The fraction of sp³-hybridized carbons (Fsp3) is 1.00. The van der Waals surface area contributed by atoms with Gasteiger partial charge in [-0.3, -0.25) is 4.90 Å². The number of likely N-dealkylation sites (tertiary alicyclic amines) is 1. The van der Waals surface area contributed by atoms with Gasteiger partial charge in [0.25, 0.3) is 0 Å². The van der Waals surface area contributed by atoms with Gasteiger partial charge in [-0.2, -0.15) is 0 Å². The average Bonchev–Trinajstić information content (AvgIpc) is 2.13. The molecule has 0 radical (unpaired) electrons. The highest BCUT2D eigenvalue weighted by Crippen LogP contribution is 2.54. The van der Waals surface area contributed by atoms with Gasteiger partial charge in [0.05, 0.1) is 0 Å². The van der Waals surface area contributed by atoms with E-state index in [0.717, 1.165) is 12.0 Å². The number of nitrogens with zero attached hydrogens (tertiary/aromatic N) is 1. The molecule has 0 amide bonds. The van der Waals surface area contributed by atoms with Crippen molar-refractivity contribution in [3.63, 3.8) is 0 Å². The van der Waals surface area contributed by atoms with Crippen molar-refractivity contribution >= 4 is 0 Å². The third-order valence-electron chi connectivity index (χ3n) is 5.43. The Morgan fingerprint density at radius 2 is 1.62 bits per heavy atom. The van der Waals surface area contributed by atoms with E-state index in [-0.39, 0.29) is 0 Å². The fourth-order valence-electron chi connectivity index (χ4n) is 3.84. The molecule has 1 aliphatic heterocycles. The average molecular weight is 223 g/mol. The van der Waals surface area contributed by atoms with Crippen molar-refractivity contribution in [2.24, 2.45) is 16.7 Å². The lowest BCUT2D eigenvalue weighted by atomic mass is 9.56. The normalized spacial score (nSPS) is 34.7. The van der Waals surface area contributed by atoms with Crippen LogP contribution in [0.2, 0.25) is 0 Å². The third-order valence-corrected chi connectivity index (χ3v) is 5.43. The van der Waals surface area contributed by atoms with Crippen LogP contribution >= 0.6 is 0 Å². The molecule has 1 spiro atoms. The van der Waals surface area contributed by atoms with Crippen LogP contribution < -0.4 is 0 Å². The quantitative estimate of drug-likeness (QED) is 0.685. The number of hydrogen-bond donors (Lipinski definition) is 0. The topological polar surface area (TPSA) is 3.24 Å². The van der Waals surface area contributed by atoms with E-state index in [1.54, 1.807) is 0 Å². The predicted molar refractivity (Wildman–Crippen MR) is 70.6 cm³/mol. The monoisotopic (exact) mass is 223 g/mol. The first kappa shape index (κ1) is 12.4. The Morgan fingerprint density at radius 3 is 2.12 bits per heavy atom. The molecule has 1 unspecified atom stereocenters. The maximum absolute atomic E-state index is 2.64. The van der Waals surface area contributed by atoms with E-state index in [4.69, 9.17) is 0 Å². The van der Waals surface area contributed by atoms with Gasteiger partial charge in [0.2, 0.25) is 0 Å². The second-order valence-corrected chi connectivity index (χ2v) is 7.34. The second kappa shape index (κ2) is 4.01. The van der Waals surface area contributed by atoms with Crippen LogP contribution in [-0.2, 0) is 0 Å². The summed E-state index contributed by atoms with van der Waals surface area (Å²) in [6.07, 6.45) is 5.87. The largest absolute Gasteiger partial charge is 0.300 e. The van der Waals surface area contributed by atoms with Crippen molar-refractivity contribution in [3.8, 4) is 0 Å². The first-order valence-corrected chi connectivity index (χ1v) is 7.11. The molecule has 2 aliphatic rings. The molecule has 16 heavy (non-hydrogen) atoms. The highest BCUT2D eigenvalue weighted by Gasteiger charge is 2.50. The Hall–Kier alpha value is -0.0400. The molecule has 0 aromatic rings. The van der Waals surface area contributed by atoms with E-state index in [0.29, 0.717) is 10.8 Å². The zero-order valence-electron chi connectivity index (χ0n) is 11.8. The Labute approximate surface area is 102 Å². The molecule has 1 saturated heterocycles. The summed E-state index contributed by atoms with van der Waals surface area (Å²) in [6.45, 7) is 14.8. The van der Waals surface area contributed by atoms with Gasteiger partial charge in [0.15, 0.2) is 0 Å². The lowest BCUT2D eigenvalue weighted by Crippen LogP contribution is -2.61. The molecular weight excluding hydrogens is 194 g/mol. The standard InChI is InChI=1S/C15H29N/c1-12(2)14(5)7-6-8-15(9-14)10-16(11-15)13(3)4/h12-13H,6-11H2,1-5H3. The summed E-state index contributed by atoms with van der Waals surface area (Å²) >= 11 is 0. The molecule has 2 fully saturated rings. The predicted octanol–water partition coefficient (Wildman–Crippen LogP) is 3.93. The van der Waals surface area contributed by atoms with Crippen LogP contribution in [0.15, 0.2) is 0 Å². The molecule has 0 bridgehead atoms. The zero-order chi connectivity index (χ0) is 12.0. The summed E-state index contributed by atoms with van der Waals surface area (Å²) in [4.78, 5) is 2.64. The molecule has 0 N–H and O–H groups in total. The Kier molecular flexibility index (Phi) is 3.11. The lowest BCUT2D eigenvalue weighted by Gasteiger charge is -2.59. The van der Waals surface area contributed by atoms with E-state index in [2.05, 4.69) is 39.5 Å². The first-order valence-electron chi connectivity index (χ1n) is 7.11. The molecular formula is C15H29N. The summed E-state index contributed by atoms with van der Waals surface area (Å²) < 4.78 is 0. The fourth-order valence-corrected chi connectivity index (χ4v) is 3.84. The van der Waals surface area contributed by atoms with E-state index in [1.807, 2.05) is 0 Å². The third kappa shape index (κ3) is 2.03. The number of hydrogen-bond acceptors (Lipinski definition) is 1. The summed E-state index contributed by atoms with van der Waals surface area (Å²) in [5.41, 5.74) is 1.31. The summed E-state index contributed by atoms with van der Waals surface area (Å²) in [5, 5.41) is 0. The summed E-state index contributed by atoms with van der Waals surface area (Å²) in [7, 11) is 0. The molecule has 1 aliphatic carbocycles. The molecule has 1 saturated carbocycles. The highest BCUT2D eigenvalue weighted by molar-refractivity contribution is 5.02. The Bertz CT molecular complexity index is 250. The SMILES string of the molecule is CC(C)N1CC2(CCCC(C)(C(C)C)C2)C1. The van der Waals surface area contributed by atoms with Gasteiger partial charge >= 0.3 is 0 Å². The second-order valence-electron chi connectivity index (χ2n) is 7.34. The smallest absolute Gasteiger partial charge is 0.00534 e. The van der Waals surface area contributed by atoms with Crippen molar-refractivity contribution in [2.75, 3.05) is 13.1 Å². The van der Waals surface area contributed by atoms with Gasteiger partial charge in [-0.25, -0.2) is 0 Å². The molecule has 0 aromatic carbocycles. The Morgan fingerprint density at radius 1 is 1.00 bits per heavy atom. The minimum absolute atomic E-state index is 0.612. The van der Waals surface area contributed by atoms with Crippen molar-refractivity contribution in [1.82, 2.24) is 4.90 Å². The van der Waals surface area contributed by atoms with Crippen molar-refractivity contribution < 1.29 is 0 Å². The molecule has 1 nitrogen and oxygen atoms in total. The van der Waals surface area contributed by atoms with Crippen LogP contribution in [0.1, 0.15) is 60.3 Å². The van der Waals surface area contributed by atoms with E-state index in [1.165, 1.54) is 38.8 Å². The van der Waals surface area contributed by atoms with Crippen LogP contribution in [0.3, 0.4) is 0 Å². The molecule has 94 valence electrons. The lowest BCUT2D eigenvalue weighted by molar-refractivity contribution is -0.0906. The first-order chi connectivity index (χ1) is 7.37. The molecule has 2 rings (SSSR count). The molecule has 0 aromatic heterocycles. The van der Waals surface area contributed by atoms with Crippen LogP contribution in [0, 0.1) is 16.7 Å². The van der Waals surface area contributed by atoms with Crippen molar-refractivity contribution in [3.05, 3.63) is 0 Å². The Balaban J connectivity index is 1.99. The maximum atomic E-state index is 2.64. The number of rotatable bonds is 2. The summed E-state index contributed by atoms with van der Waals surface area (Å²) in [6, 6.07) is 0.748. The molecule has 1 heterocycles. The van der Waals surface area contributed by atoms with E-state index < -0.39 is 0 Å². The maximum Gasteiger partial charge on any atom is 0.00534 e. The summed E-state index contributed by atoms with van der Waals surface area (Å²) in [5.74, 6) is 0.845. The minimum Gasteiger partial charge on any atom is -0.300 e.